The number of phenolic OH excluding ortho intramolecular Hbond substituents is 1. The molecule has 0 saturated carbocycles. The van der Waals surface area contributed by atoms with Crippen molar-refractivity contribution in [1.82, 2.24) is 10.2 Å². The van der Waals surface area contributed by atoms with Gasteiger partial charge in [-0.25, -0.2) is 0 Å². The Labute approximate surface area is 93.9 Å². The minimum Gasteiger partial charge on any atom is -0.507 e. The molecule has 0 atom stereocenters. The SMILES string of the molecule is Nc1[nH]ncc1-c1ccc(C(F)(F)F)cc1O. The van der Waals surface area contributed by atoms with Crippen LogP contribution in [0.5, 0.6) is 5.75 Å². The molecule has 1 aromatic heterocycles. The van der Waals surface area contributed by atoms with Crippen molar-refractivity contribution < 1.29 is 18.3 Å². The zero-order valence-electron chi connectivity index (χ0n) is 8.42. The van der Waals surface area contributed by atoms with Crippen LogP contribution in [0.4, 0.5) is 19.0 Å². The van der Waals surface area contributed by atoms with E-state index in [4.69, 9.17) is 5.73 Å². The van der Waals surface area contributed by atoms with Gasteiger partial charge >= 0.3 is 6.18 Å². The number of hydrogen-bond acceptors (Lipinski definition) is 3. The molecule has 0 fully saturated rings. The molecule has 0 aliphatic heterocycles. The molecule has 0 bridgehead atoms. The maximum atomic E-state index is 12.4. The first-order valence-corrected chi connectivity index (χ1v) is 4.59. The summed E-state index contributed by atoms with van der Waals surface area (Å²) in [4.78, 5) is 0. The number of hydrogen-bond donors (Lipinski definition) is 3. The largest absolute Gasteiger partial charge is 0.507 e. The van der Waals surface area contributed by atoms with E-state index in [9.17, 15) is 18.3 Å². The smallest absolute Gasteiger partial charge is 0.416 e. The highest BCUT2D eigenvalue weighted by Gasteiger charge is 2.31. The fraction of sp³-hybridized carbons (Fsp3) is 0.100. The molecule has 1 aromatic carbocycles. The predicted octanol–water partition coefficient (Wildman–Crippen LogP) is 2.38. The number of nitrogen functional groups attached to an aromatic ring is 1. The normalized spacial score (nSPS) is 11.7. The molecule has 4 N–H and O–H groups in total. The number of aromatic nitrogens is 2. The summed E-state index contributed by atoms with van der Waals surface area (Å²) in [6, 6.07) is 2.68. The van der Waals surface area contributed by atoms with E-state index in [1.54, 1.807) is 0 Å². The second-order valence-corrected chi connectivity index (χ2v) is 3.43. The summed E-state index contributed by atoms with van der Waals surface area (Å²) in [5, 5.41) is 15.6. The van der Waals surface area contributed by atoms with E-state index in [0.29, 0.717) is 11.6 Å². The molecule has 0 unspecified atom stereocenters. The van der Waals surface area contributed by atoms with Crippen LogP contribution in [0.25, 0.3) is 11.1 Å². The third-order valence-electron chi connectivity index (χ3n) is 2.28. The number of anilines is 1. The van der Waals surface area contributed by atoms with Crippen molar-refractivity contribution in [2.24, 2.45) is 0 Å². The summed E-state index contributed by atoms with van der Waals surface area (Å²) in [7, 11) is 0. The lowest BCUT2D eigenvalue weighted by Crippen LogP contribution is -2.04. The zero-order chi connectivity index (χ0) is 12.6. The van der Waals surface area contributed by atoms with E-state index < -0.39 is 17.5 Å². The molecule has 7 heteroatoms. The van der Waals surface area contributed by atoms with Crippen LogP contribution in [-0.2, 0) is 6.18 Å². The Morgan fingerprint density at radius 2 is 1.94 bits per heavy atom. The first kappa shape index (κ1) is 11.3. The van der Waals surface area contributed by atoms with E-state index in [-0.39, 0.29) is 11.4 Å². The predicted molar refractivity (Wildman–Crippen MR) is 55.1 cm³/mol. The van der Waals surface area contributed by atoms with Gasteiger partial charge in [0.1, 0.15) is 11.6 Å². The summed E-state index contributed by atoms with van der Waals surface area (Å²) in [5.41, 5.74) is 5.15. The Hall–Kier alpha value is -2.18. The quantitative estimate of drug-likeness (QED) is 0.719. The van der Waals surface area contributed by atoms with Crippen molar-refractivity contribution in [3.05, 3.63) is 30.0 Å². The molecule has 0 radical (unpaired) electrons. The van der Waals surface area contributed by atoms with Gasteiger partial charge in [-0.15, -0.1) is 0 Å². The Kier molecular flexibility index (Phi) is 2.45. The van der Waals surface area contributed by atoms with Crippen molar-refractivity contribution in [3.8, 4) is 16.9 Å². The molecular weight excluding hydrogens is 235 g/mol. The fourth-order valence-electron chi connectivity index (χ4n) is 1.45. The summed E-state index contributed by atoms with van der Waals surface area (Å²) in [5.74, 6) is -0.312. The van der Waals surface area contributed by atoms with Crippen LogP contribution in [0, 0.1) is 0 Å². The van der Waals surface area contributed by atoms with E-state index in [2.05, 4.69) is 10.2 Å². The first-order valence-electron chi connectivity index (χ1n) is 4.59. The fourth-order valence-corrected chi connectivity index (χ4v) is 1.45. The number of phenols is 1. The molecule has 2 rings (SSSR count). The number of nitrogens with one attached hydrogen (secondary N) is 1. The molecule has 0 aliphatic rings. The molecule has 0 spiro atoms. The maximum absolute atomic E-state index is 12.4. The van der Waals surface area contributed by atoms with Crippen molar-refractivity contribution in [1.29, 1.82) is 0 Å². The summed E-state index contributed by atoms with van der Waals surface area (Å²) in [6.07, 6.45) is -3.16. The Balaban J connectivity index is 2.50. The summed E-state index contributed by atoms with van der Waals surface area (Å²) < 4.78 is 37.1. The molecular formula is C10H8F3N3O. The van der Waals surface area contributed by atoms with Crippen molar-refractivity contribution >= 4 is 5.82 Å². The Morgan fingerprint density at radius 3 is 2.41 bits per heavy atom. The molecule has 2 aromatic rings. The molecule has 90 valence electrons. The van der Waals surface area contributed by atoms with Gasteiger partial charge in [-0.3, -0.25) is 5.10 Å². The van der Waals surface area contributed by atoms with Gasteiger partial charge in [0.15, 0.2) is 0 Å². The van der Waals surface area contributed by atoms with Crippen molar-refractivity contribution in [3.63, 3.8) is 0 Å². The van der Waals surface area contributed by atoms with Crippen LogP contribution in [0.1, 0.15) is 5.56 Å². The van der Waals surface area contributed by atoms with Crippen LogP contribution in [0.2, 0.25) is 0 Å². The minimum absolute atomic E-state index is 0.181. The van der Waals surface area contributed by atoms with E-state index in [1.807, 2.05) is 0 Å². The number of alkyl halides is 3. The molecule has 0 amide bonds. The molecule has 4 nitrogen and oxygen atoms in total. The molecule has 0 aliphatic carbocycles. The number of nitrogens with zero attached hydrogens (tertiary/aromatic N) is 1. The van der Waals surface area contributed by atoms with Crippen molar-refractivity contribution in [2.45, 2.75) is 6.18 Å². The molecule has 17 heavy (non-hydrogen) atoms. The van der Waals surface area contributed by atoms with Crippen LogP contribution < -0.4 is 5.73 Å². The lowest BCUT2D eigenvalue weighted by Gasteiger charge is -2.09. The van der Waals surface area contributed by atoms with Crippen LogP contribution in [0.15, 0.2) is 24.4 Å². The van der Waals surface area contributed by atoms with Gasteiger partial charge in [0.25, 0.3) is 0 Å². The third-order valence-corrected chi connectivity index (χ3v) is 2.28. The standard InChI is InChI=1S/C10H8F3N3O/c11-10(12,13)5-1-2-6(8(17)3-5)7-4-15-16-9(7)14/h1-4,17H,(H3,14,15,16). The molecule has 0 saturated heterocycles. The second-order valence-electron chi connectivity index (χ2n) is 3.43. The van der Waals surface area contributed by atoms with E-state index in [1.165, 1.54) is 6.20 Å². The lowest BCUT2D eigenvalue weighted by molar-refractivity contribution is -0.137. The summed E-state index contributed by atoms with van der Waals surface area (Å²) >= 11 is 0. The average Bonchev–Trinajstić information content (AvgIpc) is 2.63. The topological polar surface area (TPSA) is 74.9 Å². The van der Waals surface area contributed by atoms with Crippen molar-refractivity contribution in [2.75, 3.05) is 5.73 Å². The number of halogens is 3. The molecule has 1 heterocycles. The lowest BCUT2D eigenvalue weighted by atomic mass is 10.0. The first-order chi connectivity index (χ1) is 7.89. The average molecular weight is 243 g/mol. The summed E-state index contributed by atoms with van der Waals surface area (Å²) in [6.45, 7) is 0. The van der Waals surface area contributed by atoms with E-state index in [0.717, 1.165) is 12.1 Å². The number of rotatable bonds is 1. The Morgan fingerprint density at radius 1 is 1.24 bits per heavy atom. The van der Waals surface area contributed by atoms with Gasteiger partial charge in [0.05, 0.1) is 11.8 Å². The van der Waals surface area contributed by atoms with Gasteiger partial charge in [0.2, 0.25) is 0 Å². The van der Waals surface area contributed by atoms with E-state index >= 15 is 0 Å². The van der Waals surface area contributed by atoms with Crippen LogP contribution in [-0.4, -0.2) is 15.3 Å². The highest BCUT2D eigenvalue weighted by atomic mass is 19.4. The van der Waals surface area contributed by atoms with Crippen LogP contribution in [0.3, 0.4) is 0 Å². The second kappa shape index (κ2) is 3.69. The maximum Gasteiger partial charge on any atom is 0.416 e. The Bertz CT molecular complexity index is 548. The van der Waals surface area contributed by atoms with Gasteiger partial charge in [-0.1, -0.05) is 0 Å². The van der Waals surface area contributed by atoms with Gasteiger partial charge < -0.3 is 10.8 Å². The number of nitrogens with two attached hydrogens (primary N) is 1. The number of benzene rings is 1. The van der Waals surface area contributed by atoms with Gasteiger partial charge in [-0.2, -0.15) is 18.3 Å². The highest BCUT2D eigenvalue weighted by molar-refractivity contribution is 5.77. The minimum atomic E-state index is -4.49. The highest BCUT2D eigenvalue weighted by Crippen LogP contribution is 2.37. The number of H-pyrrole nitrogens is 1. The zero-order valence-corrected chi connectivity index (χ0v) is 8.42. The number of aromatic amines is 1. The van der Waals surface area contributed by atoms with Gasteiger partial charge in [-0.05, 0) is 18.2 Å². The van der Waals surface area contributed by atoms with Crippen LogP contribution >= 0.6 is 0 Å². The monoisotopic (exact) mass is 243 g/mol. The number of aromatic hydroxyl groups is 1. The third kappa shape index (κ3) is 2.03. The van der Waals surface area contributed by atoms with Gasteiger partial charge in [0, 0.05) is 11.1 Å².